The summed E-state index contributed by atoms with van der Waals surface area (Å²) in [5, 5.41) is 21.0. The third-order valence-electron chi connectivity index (χ3n) is 4.18. The maximum atomic E-state index is 12.8. The van der Waals surface area contributed by atoms with Gasteiger partial charge in [0.05, 0.1) is 0 Å². The van der Waals surface area contributed by atoms with Crippen molar-refractivity contribution in [2.45, 2.75) is 59.5 Å². The van der Waals surface area contributed by atoms with Crippen molar-refractivity contribution in [2.75, 3.05) is 11.9 Å². The first-order valence-electron chi connectivity index (χ1n) is 9.11. The van der Waals surface area contributed by atoms with Crippen LogP contribution in [0.5, 0.6) is 5.88 Å². The zero-order chi connectivity index (χ0) is 19.1. The number of carbonyl (C=O) groups excluding carboxylic acids is 1. The first-order chi connectivity index (χ1) is 12.2. The molecule has 0 radical (unpaired) electrons. The van der Waals surface area contributed by atoms with Crippen molar-refractivity contribution in [3.63, 3.8) is 0 Å². The number of nitrogens with zero attached hydrogens (tertiary/aromatic N) is 3. The minimum absolute atomic E-state index is 0.0902. The van der Waals surface area contributed by atoms with Gasteiger partial charge in [-0.3, -0.25) is 14.2 Å². The quantitative estimate of drug-likeness (QED) is 0.730. The highest BCUT2D eigenvalue weighted by Gasteiger charge is 2.30. The highest BCUT2D eigenvalue weighted by molar-refractivity contribution is 5.96. The largest absolute Gasteiger partial charge is 0.494 e. The number of carbonyl (C=O) groups is 1. The zero-order valence-corrected chi connectivity index (χ0v) is 15.8. The Balaban J connectivity index is 2.16. The number of anilines is 1. The normalized spacial score (nSPS) is 14.6. The molecule has 1 aliphatic rings. The monoisotopic (exact) mass is 361 g/mol. The van der Waals surface area contributed by atoms with Crippen LogP contribution >= 0.6 is 0 Å². The van der Waals surface area contributed by atoms with E-state index in [2.05, 4.69) is 15.7 Å². The second-order valence-corrected chi connectivity index (χ2v) is 8.12. The van der Waals surface area contributed by atoms with Crippen LogP contribution < -0.4 is 16.2 Å². The molecule has 0 aromatic carbocycles. The lowest BCUT2D eigenvalue weighted by atomic mass is 9.96. The summed E-state index contributed by atoms with van der Waals surface area (Å²) in [6, 6.07) is 1.82. The summed E-state index contributed by atoms with van der Waals surface area (Å²) in [6.07, 6.45) is 2.72. The lowest BCUT2D eigenvalue weighted by Gasteiger charge is -2.23. The van der Waals surface area contributed by atoms with Crippen LogP contribution in [0.1, 0.15) is 57.3 Å². The van der Waals surface area contributed by atoms with Gasteiger partial charge in [-0.15, -0.1) is 5.10 Å². The van der Waals surface area contributed by atoms with Crippen LogP contribution in [0.15, 0.2) is 10.9 Å². The molecular formula is C18H27N5O3. The molecule has 0 unspecified atom stereocenters. The summed E-state index contributed by atoms with van der Waals surface area (Å²) in [5.74, 6) is -0.304. The van der Waals surface area contributed by atoms with E-state index in [-0.39, 0.29) is 22.9 Å². The van der Waals surface area contributed by atoms with Crippen LogP contribution in [0, 0.1) is 5.41 Å². The molecule has 1 aliphatic carbocycles. The van der Waals surface area contributed by atoms with Crippen molar-refractivity contribution in [1.82, 2.24) is 19.5 Å². The Labute approximate surface area is 152 Å². The first-order valence-corrected chi connectivity index (χ1v) is 9.11. The van der Waals surface area contributed by atoms with E-state index in [0.717, 1.165) is 25.8 Å². The van der Waals surface area contributed by atoms with E-state index in [1.807, 2.05) is 27.7 Å². The van der Waals surface area contributed by atoms with Gasteiger partial charge in [0.25, 0.3) is 11.5 Å². The van der Waals surface area contributed by atoms with Crippen LogP contribution in [0.2, 0.25) is 0 Å². The Morgan fingerprint density at radius 2 is 2.08 bits per heavy atom. The Kier molecular flexibility index (Phi) is 4.68. The van der Waals surface area contributed by atoms with Crippen molar-refractivity contribution in [1.29, 1.82) is 0 Å². The molecule has 2 heterocycles. The molecule has 2 aromatic heterocycles. The van der Waals surface area contributed by atoms with Crippen molar-refractivity contribution in [3.8, 4) is 5.88 Å². The molecule has 2 aromatic rings. The second-order valence-electron chi connectivity index (χ2n) is 8.12. The Morgan fingerprint density at radius 3 is 2.65 bits per heavy atom. The van der Waals surface area contributed by atoms with Crippen LogP contribution in [-0.2, 0) is 6.54 Å². The van der Waals surface area contributed by atoms with E-state index in [0.29, 0.717) is 18.0 Å². The smallest absolute Gasteiger partial charge is 0.291 e. The molecule has 1 fully saturated rings. The fourth-order valence-electron chi connectivity index (χ4n) is 2.81. The summed E-state index contributed by atoms with van der Waals surface area (Å²) in [7, 11) is 0. The van der Waals surface area contributed by atoms with Gasteiger partial charge < -0.3 is 15.7 Å². The topological polar surface area (TPSA) is 101 Å². The molecule has 3 N–H and O–H groups in total. The average Bonchev–Trinajstić information content (AvgIpc) is 3.24. The fourth-order valence-corrected chi connectivity index (χ4v) is 2.81. The molecule has 3 rings (SSSR count). The number of amides is 1. The van der Waals surface area contributed by atoms with Gasteiger partial charge in [-0.05, 0) is 24.7 Å². The third kappa shape index (κ3) is 3.68. The van der Waals surface area contributed by atoms with Crippen LogP contribution in [0.25, 0.3) is 5.65 Å². The molecule has 142 valence electrons. The van der Waals surface area contributed by atoms with Crippen LogP contribution in [-0.4, -0.2) is 37.8 Å². The first kappa shape index (κ1) is 18.3. The van der Waals surface area contributed by atoms with Gasteiger partial charge in [0.15, 0.2) is 11.4 Å². The van der Waals surface area contributed by atoms with Gasteiger partial charge in [0.1, 0.15) is 5.65 Å². The Hall–Kier alpha value is -2.51. The number of hydrogen-bond donors (Lipinski definition) is 3. The predicted octanol–water partition coefficient (Wildman–Crippen LogP) is 1.96. The maximum absolute atomic E-state index is 12.8. The molecule has 0 aliphatic heterocycles. The van der Waals surface area contributed by atoms with E-state index in [1.54, 1.807) is 10.6 Å². The van der Waals surface area contributed by atoms with Crippen molar-refractivity contribution >= 4 is 17.4 Å². The van der Waals surface area contributed by atoms with Crippen molar-refractivity contribution < 1.29 is 9.90 Å². The highest BCUT2D eigenvalue weighted by atomic mass is 16.3. The predicted molar refractivity (Wildman–Crippen MR) is 99.8 cm³/mol. The second kappa shape index (κ2) is 6.66. The Morgan fingerprint density at radius 1 is 1.38 bits per heavy atom. The van der Waals surface area contributed by atoms with E-state index in [4.69, 9.17) is 0 Å². The van der Waals surface area contributed by atoms with Crippen molar-refractivity contribution in [2.24, 2.45) is 5.41 Å². The molecule has 0 spiro atoms. The van der Waals surface area contributed by atoms with Crippen molar-refractivity contribution in [3.05, 3.63) is 22.0 Å². The van der Waals surface area contributed by atoms with E-state index in [1.165, 1.54) is 4.52 Å². The molecule has 1 saturated carbocycles. The summed E-state index contributed by atoms with van der Waals surface area (Å²) in [5.41, 5.74) is -0.563. The Bertz CT molecular complexity index is 887. The van der Waals surface area contributed by atoms with Crippen LogP contribution in [0.4, 0.5) is 5.82 Å². The molecule has 26 heavy (non-hydrogen) atoms. The SMILES string of the molecule is CCCNc1cc2n(CC(C)(C)C)c(O)c(C(=O)NC3CC3)c(=O)n2n1. The lowest BCUT2D eigenvalue weighted by Crippen LogP contribution is -2.35. The minimum atomic E-state index is -0.606. The summed E-state index contributed by atoms with van der Waals surface area (Å²) < 4.78 is 2.79. The zero-order valence-electron chi connectivity index (χ0n) is 15.8. The molecule has 8 nitrogen and oxygen atoms in total. The third-order valence-corrected chi connectivity index (χ3v) is 4.18. The number of hydrogen-bond acceptors (Lipinski definition) is 5. The number of rotatable bonds is 6. The standard InChI is InChI=1S/C18H27N5O3/c1-5-8-19-12-9-13-22(10-18(2,3)4)16(25)14(17(26)23(13)21-12)15(24)20-11-6-7-11/h9,11,25H,5-8,10H2,1-4H3,(H,19,21)(H,20,24). The summed E-state index contributed by atoms with van der Waals surface area (Å²) in [4.78, 5) is 25.4. The fraction of sp³-hybridized carbons (Fsp3) is 0.611. The minimum Gasteiger partial charge on any atom is -0.494 e. The highest BCUT2D eigenvalue weighted by Crippen LogP contribution is 2.26. The number of aromatic hydroxyl groups is 1. The molecule has 0 bridgehead atoms. The summed E-state index contributed by atoms with van der Waals surface area (Å²) in [6.45, 7) is 9.27. The molecule has 0 atom stereocenters. The molecular weight excluding hydrogens is 334 g/mol. The van der Waals surface area contributed by atoms with E-state index >= 15 is 0 Å². The number of aromatic nitrogens is 3. The van der Waals surface area contributed by atoms with Gasteiger partial charge >= 0.3 is 0 Å². The van der Waals surface area contributed by atoms with E-state index < -0.39 is 11.5 Å². The van der Waals surface area contributed by atoms with Gasteiger partial charge in [-0.2, -0.15) is 4.52 Å². The van der Waals surface area contributed by atoms with E-state index in [9.17, 15) is 14.7 Å². The van der Waals surface area contributed by atoms with Gasteiger partial charge in [-0.1, -0.05) is 27.7 Å². The molecule has 1 amide bonds. The number of fused-ring (bicyclic) bond motifs is 1. The van der Waals surface area contributed by atoms with Crippen LogP contribution in [0.3, 0.4) is 0 Å². The molecule has 8 heteroatoms. The lowest BCUT2D eigenvalue weighted by molar-refractivity contribution is 0.0944. The van der Waals surface area contributed by atoms with Gasteiger partial charge in [0.2, 0.25) is 5.88 Å². The van der Waals surface area contributed by atoms with Gasteiger partial charge in [-0.25, -0.2) is 0 Å². The average molecular weight is 361 g/mol. The number of nitrogens with one attached hydrogen (secondary N) is 2. The summed E-state index contributed by atoms with van der Waals surface area (Å²) >= 11 is 0. The maximum Gasteiger partial charge on any atom is 0.291 e. The van der Waals surface area contributed by atoms with Gasteiger partial charge in [0, 0.05) is 25.2 Å². The molecule has 0 saturated heterocycles.